The Morgan fingerprint density at radius 1 is 1.50 bits per heavy atom. The fourth-order valence-corrected chi connectivity index (χ4v) is 3.52. The van der Waals surface area contributed by atoms with E-state index in [1.165, 1.54) is 24.3 Å². The van der Waals surface area contributed by atoms with Crippen LogP contribution in [0.25, 0.3) is 0 Å². The van der Waals surface area contributed by atoms with E-state index >= 15 is 0 Å². The summed E-state index contributed by atoms with van der Waals surface area (Å²) in [5.74, 6) is 3.53. The van der Waals surface area contributed by atoms with Crippen LogP contribution in [0.4, 0.5) is 5.13 Å². The predicted molar refractivity (Wildman–Crippen MR) is 65.4 cm³/mol. The summed E-state index contributed by atoms with van der Waals surface area (Å²) < 4.78 is 0. The molecule has 2 heterocycles. The van der Waals surface area contributed by atoms with Crippen molar-refractivity contribution >= 4 is 28.2 Å². The number of thiazole rings is 1. The molecule has 2 rings (SSSR count). The molecule has 4 heteroatoms. The molecule has 0 amide bonds. The third kappa shape index (κ3) is 2.89. The number of hydrogen-bond donors (Lipinski definition) is 1. The van der Waals surface area contributed by atoms with E-state index in [2.05, 4.69) is 27.4 Å². The largest absolute Gasteiger partial charge is 0.361 e. The van der Waals surface area contributed by atoms with Crippen molar-refractivity contribution in [1.82, 2.24) is 4.98 Å². The first-order valence-corrected chi connectivity index (χ1v) is 7.12. The maximum atomic E-state index is 4.40. The van der Waals surface area contributed by atoms with E-state index in [-0.39, 0.29) is 0 Å². The predicted octanol–water partition coefficient (Wildman–Crippen LogP) is 3.01. The van der Waals surface area contributed by atoms with Crippen LogP contribution in [0, 0.1) is 12.8 Å². The number of thioether (sulfide) groups is 1. The summed E-state index contributed by atoms with van der Waals surface area (Å²) in [6.07, 6.45) is 2.73. The highest BCUT2D eigenvalue weighted by Crippen LogP contribution is 2.23. The molecular weight excluding hydrogens is 212 g/mol. The van der Waals surface area contributed by atoms with Crippen molar-refractivity contribution in [3.63, 3.8) is 0 Å². The fourth-order valence-electron chi connectivity index (χ4n) is 1.62. The van der Waals surface area contributed by atoms with E-state index in [9.17, 15) is 0 Å². The maximum absolute atomic E-state index is 4.40. The summed E-state index contributed by atoms with van der Waals surface area (Å²) in [6, 6.07) is 0. The van der Waals surface area contributed by atoms with Gasteiger partial charge >= 0.3 is 0 Å². The van der Waals surface area contributed by atoms with Crippen molar-refractivity contribution in [2.24, 2.45) is 5.92 Å². The van der Waals surface area contributed by atoms with Crippen molar-refractivity contribution in [1.29, 1.82) is 0 Å². The first-order valence-electron chi connectivity index (χ1n) is 5.08. The minimum Gasteiger partial charge on any atom is -0.361 e. The molecule has 1 N–H and O–H groups in total. The average Bonchev–Trinajstić information content (AvgIpc) is 2.63. The number of nitrogens with zero attached hydrogens (tertiary/aromatic N) is 1. The molecule has 1 aliphatic rings. The third-order valence-electron chi connectivity index (χ3n) is 2.50. The monoisotopic (exact) mass is 228 g/mol. The molecule has 1 fully saturated rings. The Morgan fingerprint density at radius 2 is 2.29 bits per heavy atom. The van der Waals surface area contributed by atoms with Gasteiger partial charge in [-0.15, -0.1) is 11.3 Å². The molecule has 0 bridgehead atoms. The van der Waals surface area contributed by atoms with E-state index in [0.717, 1.165) is 23.3 Å². The normalized spacial score (nSPS) is 18.4. The van der Waals surface area contributed by atoms with Crippen LogP contribution in [-0.4, -0.2) is 23.0 Å². The lowest BCUT2D eigenvalue weighted by molar-refractivity contribution is 0.516. The topological polar surface area (TPSA) is 24.9 Å². The number of rotatable bonds is 3. The highest BCUT2D eigenvalue weighted by atomic mass is 32.2. The van der Waals surface area contributed by atoms with Gasteiger partial charge in [0.05, 0.1) is 5.69 Å². The van der Waals surface area contributed by atoms with Gasteiger partial charge in [0.25, 0.3) is 0 Å². The molecule has 0 radical (unpaired) electrons. The molecule has 0 saturated carbocycles. The van der Waals surface area contributed by atoms with Crippen LogP contribution in [0.5, 0.6) is 0 Å². The minimum absolute atomic E-state index is 0.862. The van der Waals surface area contributed by atoms with E-state index in [4.69, 9.17) is 0 Å². The summed E-state index contributed by atoms with van der Waals surface area (Å²) in [5, 5.41) is 6.61. The highest BCUT2D eigenvalue weighted by molar-refractivity contribution is 7.99. The molecule has 78 valence electrons. The van der Waals surface area contributed by atoms with Gasteiger partial charge in [-0.3, -0.25) is 0 Å². The molecule has 1 aromatic heterocycles. The molecular formula is C10H16N2S2. The molecule has 0 atom stereocenters. The Hall–Kier alpha value is -0.220. The lowest BCUT2D eigenvalue weighted by Crippen LogP contribution is -2.18. The molecule has 0 spiro atoms. The SMILES string of the molecule is Cc1csc(NCC2CCSCC2)n1. The van der Waals surface area contributed by atoms with E-state index in [0.29, 0.717) is 0 Å². The smallest absolute Gasteiger partial charge is 0.182 e. The van der Waals surface area contributed by atoms with Gasteiger partial charge in [0, 0.05) is 11.9 Å². The molecule has 0 unspecified atom stereocenters. The van der Waals surface area contributed by atoms with Gasteiger partial charge in [0.15, 0.2) is 5.13 Å². The highest BCUT2D eigenvalue weighted by Gasteiger charge is 2.13. The summed E-state index contributed by atoms with van der Waals surface area (Å²) in [6.45, 7) is 3.15. The van der Waals surface area contributed by atoms with Crippen molar-refractivity contribution in [3.05, 3.63) is 11.1 Å². The average molecular weight is 228 g/mol. The Labute approximate surface area is 93.5 Å². The van der Waals surface area contributed by atoms with Crippen LogP contribution < -0.4 is 5.32 Å². The zero-order valence-corrected chi connectivity index (χ0v) is 10.1. The molecule has 0 aromatic carbocycles. The van der Waals surface area contributed by atoms with Crippen LogP contribution in [-0.2, 0) is 0 Å². The number of hydrogen-bond acceptors (Lipinski definition) is 4. The molecule has 2 nitrogen and oxygen atoms in total. The lowest BCUT2D eigenvalue weighted by Gasteiger charge is -2.21. The molecule has 0 aliphatic carbocycles. The van der Waals surface area contributed by atoms with Crippen LogP contribution in [0.2, 0.25) is 0 Å². The standard InChI is InChI=1S/C10H16N2S2/c1-8-7-14-10(12-8)11-6-9-2-4-13-5-3-9/h7,9H,2-6H2,1H3,(H,11,12). The minimum atomic E-state index is 0.862. The van der Waals surface area contributed by atoms with E-state index < -0.39 is 0 Å². The summed E-state index contributed by atoms with van der Waals surface area (Å²) in [5.41, 5.74) is 1.12. The van der Waals surface area contributed by atoms with Crippen molar-refractivity contribution in [2.45, 2.75) is 19.8 Å². The van der Waals surface area contributed by atoms with Gasteiger partial charge in [0.1, 0.15) is 0 Å². The zero-order valence-electron chi connectivity index (χ0n) is 8.45. The molecule has 1 aromatic rings. The first-order chi connectivity index (χ1) is 6.84. The Balaban J connectivity index is 1.76. The quantitative estimate of drug-likeness (QED) is 0.861. The van der Waals surface area contributed by atoms with Crippen LogP contribution in [0.1, 0.15) is 18.5 Å². The second-order valence-corrected chi connectivity index (χ2v) is 5.81. The van der Waals surface area contributed by atoms with Crippen LogP contribution >= 0.6 is 23.1 Å². The lowest BCUT2D eigenvalue weighted by atomic mass is 10.0. The molecule has 1 aliphatic heterocycles. The first kappa shape index (κ1) is 10.3. The molecule has 1 saturated heterocycles. The van der Waals surface area contributed by atoms with E-state index in [1.54, 1.807) is 11.3 Å². The van der Waals surface area contributed by atoms with Crippen molar-refractivity contribution in [2.75, 3.05) is 23.4 Å². The van der Waals surface area contributed by atoms with Crippen LogP contribution in [0.15, 0.2) is 5.38 Å². The Morgan fingerprint density at radius 3 is 2.93 bits per heavy atom. The van der Waals surface area contributed by atoms with Crippen molar-refractivity contribution in [3.8, 4) is 0 Å². The van der Waals surface area contributed by atoms with E-state index in [1.807, 2.05) is 6.92 Å². The number of aryl methyl sites for hydroxylation is 1. The fraction of sp³-hybridized carbons (Fsp3) is 0.700. The van der Waals surface area contributed by atoms with Gasteiger partial charge in [-0.25, -0.2) is 4.98 Å². The van der Waals surface area contributed by atoms with Gasteiger partial charge in [-0.2, -0.15) is 11.8 Å². The second-order valence-electron chi connectivity index (χ2n) is 3.73. The van der Waals surface area contributed by atoms with Crippen molar-refractivity contribution < 1.29 is 0 Å². The Kier molecular flexibility index (Phi) is 3.70. The number of nitrogens with one attached hydrogen (secondary N) is 1. The van der Waals surface area contributed by atoms with Gasteiger partial charge in [-0.05, 0) is 37.2 Å². The van der Waals surface area contributed by atoms with Gasteiger partial charge in [-0.1, -0.05) is 0 Å². The number of aromatic nitrogens is 1. The summed E-state index contributed by atoms with van der Waals surface area (Å²) >= 11 is 3.79. The summed E-state index contributed by atoms with van der Waals surface area (Å²) in [7, 11) is 0. The second kappa shape index (κ2) is 5.03. The zero-order chi connectivity index (χ0) is 9.80. The van der Waals surface area contributed by atoms with Crippen LogP contribution in [0.3, 0.4) is 0 Å². The van der Waals surface area contributed by atoms with Gasteiger partial charge < -0.3 is 5.32 Å². The number of anilines is 1. The maximum Gasteiger partial charge on any atom is 0.182 e. The Bertz CT molecular complexity index is 279. The summed E-state index contributed by atoms with van der Waals surface area (Å²) in [4.78, 5) is 4.40. The molecule has 14 heavy (non-hydrogen) atoms. The van der Waals surface area contributed by atoms with Gasteiger partial charge in [0.2, 0.25) is 0 Å². The third-order valence-corrected chi connectivity index (χ3v) is 4.47.